The van der Waals surface area contributed by atoms with Crippen LogP contribution in [-0.4, -0.2) is 37.0 Å². The molecule has 2 saturated heterocycles. The van der Waals surface area contributed by atoms with Crippen molar-refractivity contribution in [3.8, 4) is 0 Å². The number of benzene rings is 2. The summed E-state index contributed by atoms with van der Waals surface area (Å²) in [5, 5.41) is 3.26. The quantitative estimate of drug-likeness (QED) is 0.921. The largest absolute Gasteiger partial charge is 0.362 e. The van der Waals surface area contributed by atoms with Crippen LogP contribution in [0.1, 0.15) is 29.8 Å². The van der Waals surface area contributed by atoms with Crippen LogP contribution < -0.4 is 5.32 Å². The third-order valence-corrected chi connectivity index (χ3v) is 5.24. The van der Waals surface area contributed by atoms with Crippen LogP contribution in [0.25, 0.3) is 0 Å². The van der Waals surface area contributed by atoms with Crippen LogP contribution >= 0.6 is 0 Å². The minimum absolute atomic E-state index is 0.0402. The SMILES string of the molecule is O=C([C@H]1CCNC1)N1CC(c2ccccc2)OC(c2ccc(F)cc2)C1. The van der Waals surface area contributed by atoms with Crippen LogP contribution in [0.4, 0.5) is 4.39 Å². The van der Waals surface area contributed by atoms with Crippen molar-refractivity contribution in [1.82, 2.24) is 10.2 Å². The van der Waals surface area contributed by atoms with Gasteiger partial charge in [-0.1, -0.05) is 42.5 Å². The number of carbonyl (C=O) groups is 1. The second-order valence-corrected chi connectivity index (χ2v) is 7.01. The van der Waals surface area contributed by atoms with Gasteiger partial charge in [0.15, 0.2) is 0 Å². The molecule has 2 aromatic carbocycles. The smallest absolute Gasteiger partial charge is 0.227 e. The molecular weight excluding hydrogens is 331 g/mol. The summed E-state index contributed by atoms with van der Waals surface area (Å²) in [5.41, 5.74) is 1.95. The van der Waals surface area contributed by atoms with Crippen LogP contribution in [0.2, 0.25) is 0 Å². The van der Waals surface area contributed by atoms with Crippen LogP contribution in [0.3, 0.4) is 0 Å². The molecule has 5 heteroatoms. The second kappa shape index (κ2) is 7.56. The van der Waals surface area contributed by atoms with Crippen molar-refractivity contribution in [2.75, 3.05) is 26.2 Å². The van der Waals surface area contributed by atoms with Crippen LogP contribution in [-0.2, 0) is 9.53 Å². The van der Waals surface area contributed by atoms with Crippen molar-refractivity contribution in [1.29, 1.82) is 0 Å². The number of halogens is 1. The molecule has 136 valence electrons. The molecule has 0 saturated carbocycles. The van der Waals surface area contributed by atoms with Gasteiger partial charge in [0.1, 0.15) is 18.0 Å². The van der Waals surface area contributed by atoms with E-state index in [0.29, 0.717) is 13.1 Å². The highest BCUT2D eigenvalue weighted by molar-refractivity contribution is 5.79. The number of hydrogen-bond acceptors (Lipinski definition) is 3. The van der Waals surface area contributed by atoms with Crippen molar-refractivity contribution in [3.63, 3.8) is 0 Å². The number of morpholine rings is 1. The molecule has 3 atom stereocenters. The minimum Gasteiger partial charge on any atom is -0.362 e. The minimum atomic E-state index is -0.269. The fourth-order valence-corrected chi connectivity index (χ4v) is 3.78. The molecule has 0 radical (unpaired) electrons. The number of nitrogens with one attached hydrogen (secondary N) is 1. The van der Waals surface area contributed by atoms with Crippen molar-refractivity contribution in [2.45, 2.75) is 18.6 Å². The van der Waals surface area contributed by atoms with Crippen molar-refractivity contribution < 1.29 is 13.9 Å². The van der Waals surface area contributed by atoms with Crippen molar-refractivity contribution >= 4 is 5.91 Å². The first-order valence-corrected chi connectivity index (χ1v) is 9.16. The summed E-state index contributed by atoms with van der Waals surface area (Å²) in [7, 11) is 0. The number of amides is 1. The van der Waals surface area contributed by atoms with Gasteiger partial charge in [0.2, 0.25) is 5.91 Å². The molecule has 4 rings (SSSR count). The number of carbonyl (C=O) groups excluding carboxylic acids is 1. The summed E-state index contributed by atoms with van der Waals surface area (Å²) in [5.74, 6) is -0.0427. The van der Waals surface area contributed by atoms with Gasteiger partial charge in [-0.3, -0.25) is 4.79 Å². The lowest BCUT2D eigenvalue weighted by molar-refractivity contribution is -0.150. The molecule has 2 unspecified atom stereocenters. The van der Waals surface area contributed by atoms with Gasteiger partial charge in [-0.25, -0.2) is 4.39 Å². The van der Waals surface area contributed by atoms with Gasteiger partial charge in [-0.15, -0.1) is 0 Å². The van der Waals surface area contributed by atoms with Gasteiger partial charge in [0, 0.05) is 6.54 Å². The van der Waals surface area contributed by atoms with Crippen LogP contribution in [0.5, 0.6) is 0 Å². The molecule has 2 fully saturated rings. The summed E-state index contributed by atoms with van der Waals surface area (Å²) in [6, 6.07) is 16.3. The topological polar surface area (TPSA) is 41.6 Å². The highest BCUT2D eigenvalue weighted by atomic mass is 19.1. The highest BCUT2D eigenvalue weighted by Gasteiger charge is 2.35. The first-order chi connectivity index (χ1) is 12.7. The third-order valence-electron chi connectivity index (χ3n) is 5.24. The molecule has 0 aliphatic carbocycles. The Hall–Kier alpha value is -2.24. The van der Waals surface area contributed by atoms with Crippen molar-refractivity contribution in [3.05, 3.63) is 71.5 Å². The Balaban J connectivity index is 1.59. The number of hydrogen-bond donors (Lipinski definition) is 1. The summed E-state index contributed by atoms with van der Waals surface area (Å²) in [6.07, 6.45) is 0.444. The summed E-state index contributed by atoms with van der Waals surface area (Å²) < 4.78 is 19.6. The van der Waals surface area contributed by atoms with Crippen molar-refractivity contribution in [2.24, 2.45) is 5.92 Å². The Bertz CT molecular complexity index is 744. The average molecular weight is 354 g/mol. The van der Waals surface area contributed by atoms with Gasteiger partial charge in [0.05, 0.1) is 19.0 Å². The fourth-order valence-electron chi connectivity index (χ4n) is 3.78. The molecule has 2 aromatic rings. The molecule has 0 aromatic heterocycles. The summed E-state index contributed by atoms with van der Waals surface area (Å²) in [4.78, 5) is 14.9. The molecule has 2 aliphatic heterocycles. The molecule has 0 spiro atoms. The Morgan fingerprint density at radius 2 is 1.65 bits per heavy atom. The number of ether oxygens (including phenoxy) is 1. The Morgan fingerprint density at radius 1 is 1.00 bits per heavy atom. The predicted octanol–water partition coefficient (Wildman–Crippen LogP) is 3.08. The van der Waals surface area contributed by atoms with E-state index >= 15 is 0 Å². The Morgan fingerprint density at radius 3 is 2.27 bits per heavy atom. The predicted molar refractivity (Wildman–Crippen MR) is 97.0 cm³/mol. The highest BCUT2D eigenvalue weighted by Crippen LogP contribution is 2.34. The maximum atomic E-state index is 13.3. The van der Waals surface area contributed by atoms with E-state index in [0.717, 1.165) is 30.6 Å². The van der Waals surface area contributed by atoms with E-state index in [-0.39, 0.29) is 29.9 Å². The second-order valence-electron chi connectivity index (χ2n) is 7.01. The molecular formula is C21H23FN2O2. The zero-order valence-electron chi connectivity index (χ0n) is 14.6. The number of nitrogens with zero attached hydrogens (tertiary/aromatic N) is 1. The normalized spacial score (nSPS) is 26.0. The molecule has 26 heavy (non-hydrogen) atoms. The Labute approximate surface area is 153 Å². The van der Waals surface area contributed by atoms with Gasteiger partial charge in [-0.05, 0) is 36.2 Å². The fraction of sp³-hybridized carbons (Fsp3) is 0.381. The Kier molecular flexibility index (Phi) is 5.00. The lowest BCUT2D eigenvalue weighted by Crippen LogP contribution is -2.46. The van der Waals surface area contributed by atoms with E-state index in [4.69, 9.17) is 4.74 Å². The lowest BCUT2D eigenvalue weighted by atomic mass is 10.0. The molecule has 2 aliphatic rings. The van der Waals surface area contributed by atoms with E-state index in [2.05, 4.69) is 5.32 Å². The van der Waals surface area contributed by atoms with Crippen LogP contribution in [0.15, 0.2) is 54.6 Å². The van der Waals surface area contributed by atoms with E-state index in [1.165, 1.54) is 12.1 Å². The molecule has 1 amide bonds. The molecule has 1 N–H and O–H groups in total. The average Bonchev–Trinajstić information content (AvgIpc) is 3.23. The van der Waals surface area contributed by atoms with Crippen LogP contribution in [0, 0.1) is 11.7 Å². The zero-order chi connectivity index (χ0) is 17.9. The van der Waals surface area contributed by atoms with E-state index in [9.17, 15) is 9.18 Å². The van der Waals surface area contributed by atoms with Gasteiger partial charge >= 0.3 is 0 Å². The van der Waals surface area contributed by atoms with E-state index in [1.807, 2.05) is 35.2 Å². The van der Waals surface area contributed by atoms with E-state index in [1.54, 1.807) is 12.1 Å². The van der Waals surface area contributed by atoms with Gasteiger partial charge < -0.3 is 15.0 Å². The zero-order valence-corrected chi connectivity index (χ0v) is 14.6. The first-order valence-electron chi connectivity index (χ1n) is 9.16. The first kappa shape index (κ1) is 17.2. The van der Waals surface area contributed by atoms with E-state index < -0.39 is 0 Å². The monoisotopic (exact) mass is 354 g/mol. The van der Waals surface area contributed by atoms with Gasteiger partial charge in [0.25, 0.3) is 0 Å². The third kappa shape index (κ3) is 3.64. The molecule has 2 heterocycles. The molecule has 0 bridgehead atoms. The lowest BCUT2D eigenvalue weighted by Gasteiger charge is -2.39. The maximum absolute atomic E-state index is 13.3. The van der Waals surface area contributed by atoms with Gasteiger partial charge in [-0.2, -0.15) is 0 Å². The summed E-state index contributed by atoms with van der Waals surface area (Å²) in [6.45, 7) is 2.69. The number of rotatable bonds is 3. The maximum Gasteiger partial charge on any atom is 0.227 e. The standard InChI is InChI=1S/C21H23FN2O2/c22-18-8-6-16(7-9-18)20-14-24(21(25)17-10-11-23-12-17)13-19(26-20)15-4-2-1-3-5-15/h1-9,17,19-20,23H,10-14H2/t17-,19?,20?/m0/s1. The summed E-state index contributed by atoms with van der Waals surface area (Å²) >= 11 is 0. The molecule has 4 nitrogen and oxygen atoms in total.